The van der Waals surface area contributed by atoms with Crippen molar-refractivity contribution in [1.82, 2.24) is 4.98 Å². The second-order valence-corrected chi connectivity index (χ2v) is 8.04. The molecule has 1 saturated carbocycles. The van der Waals surface area contributed by atoms with Crippen molar-refractivity contribution in [3.63, 3.8) is 0 Å². The molecule has 7 heteroatoms. The molecule has 0 unspecified atom stereocenters. The van der Waals surface area contributed by atoms with Crippen molar-refractivity contribution < 1.29 is 23.7 Å². The zero-order valence-electron chi connectivity index (χ0n) is 18.2. The highest BCUT2D eigenvalue weighted by Gasteiger charge is 2.51. The van der Waals surface area contributed by atoms with Crippen LogP contribution in [0.25, 0.3) is 11.1 Å². The number of amides is 1. The van der Waals surface area contributed by atoms with E-state index in [1.807, 2.05) is 49.4 Å². The van der Waals surface area contributed by atoms with Crippen LogP contribution in [0.3, 0.4) is 0 Å². The molecule has 2 heterocycles. The van der Waals surface area contributed by atoms with Gasteiger partial charge in [0.05, 0.1) is 19.6 Å². The van der Waals surface area contributed by atoms with E-state index in [-0.39, 0.29) is 12.7 Å². The van der Waals surface area contributed by atoms with Crippen LogP contribution < -0.4 is 24.3 Å². The van der Waals surface area contributed by atoms with Gasteiger partial charge in [0.25, 0.3) is 0 Å². The van der Waals surface area contributed by atoms with Gasteiger partial charge in [-0.25, -0.2) is 0 Å². The zero-order valence-corrected chi connectivity index (χ0v) is 18.2. The summed E-state index contributed by atoms with van der Waals surface area (Å²) < 4.78 is 21.6. The lowest BCUT2D eigenvalue weighted by Gasteiger charge is -2.18. The van der Waals surface area contributed by atoms with Crippen LogP contribution in [-0.4, -0.2) is 31.9 Å². The van der Waals surface area contributed by atoms with E-state index in [2.05, 4.69) is 10.3 Å². The Morgan fingerprint density at radius 1 is 0.969 bits per heavy atom. The minimum atomic E-state index is -0.536. The normalized spacial score (nSPS) is 15.2. The fourth-order valence-corrected chi connectivity index (χ4v) is 4.10. The number of rotatable bonds is 6. The minimum Gasteiger partial charge on any atom is -0.481 e. The van der Waals surface area contributed by atoms with Crippen LogP contribution in [0.1, 0.15) is 24.0 Å². The number of aromatic nitrogens is 1. The molecular weight excluding hydrogens is 408 g/mol. The predicted octanol–water partition coefficient (Wildman–Crippen LogP) is 4.47. The molecule has 0 radical (unpaired) electrons. The fraction of sp³-hybridized carbons (Fsp3) is 0.280. The van der Waals surface area contributed by atoms with Crippen molar-refractivity contribution >= 4 is 11.6 Å². The molecule has 2 aromatic carbocycles. The minimum absolute atomic E-state index is 0.0222. The molecule has 1 aromatic heterocycles. The van der Waals surface area contributed by atoms with Crippen LogP contribution in [0.15, 0.2) is 48.5 Å². The van der Waals surface area contributed by atoms with E-state index >= 15 is 0 Å². The summed E-state index contributed by atoms with van der Waals surface area (Å²) >= 11 is 0. The maximum absolute atomic E-state index is 13.3. The number of aryl methyl sites for hydroxylation is 1. The average molecular weight is 432 g/mol. The van der Waals surface area contributed by atoms with Crippen molar-refractivity contribution in [1.29, 1.82) is 0 Å². The smallest absolute Gasteiger partial charge is 0.235 e. The van der Waals surface area contributed by atoms with E-state index in [9.17, 15) is 4.79 Å². The lowest BCUT2D eigenvalue weighted by atomic mass is 9.94. The Kier molecular flexibility index (Phi) is 4.89. The number of ether oxygens (including phenoxy) is 4. The standard InChI is InChI=1S/C25H24N2O5/c1-15-4-6-17(13-19(15)18-7-9-22(29-2)27-23(18)30-3)26-24(28)25(10-11-25)16-5-8-20-21(12-16)32-14-31-20/h4-9,12-13H,10-11,14H2,1-3H3,(H,26,28). The predicted molar refractivity (Wildman–Crippen MR) is 120 cm³/mol. The molecule has 1 fully saturated rings. The number of hydrogen-bond acceptors (Lipinski definition) is 6. The molecule has 5 rings (SSSR count). The van der Waals surface area contributed by atoms with E-state index < -0.39 is 5.41 Å². The van der Waals surface area contributed by atoms with Gasteiger partial charge in [0.2, 0.25) is 24.5 Å². The quantitative estimate of drug-likeness (QED) is 0.619. The fourth-order valence-electron chi connectivity index (χ4n) is 4.10. The highest BCUT2D eigenvalue weighted by atomic mass is 16.7. The van der Waals surface area contributed by atoms with Gasteiger partial charge in [-0.15, -0.1) is 0 Å². The monoisotopic (exact) mass is 432 g/mol. The molecule has 0 bridgehead atoms. The third kappa shape index (κ3) is 3.39. The SMILES string of the molecule is COc1ccc(-c2cc(NC(=O)C3(c4ccc5c(c4)OCO5)CC3)ccc2C)c(OC)n1. The summed E-state index contributed by atoms with van der Waals surface area (Å²) in [6, 6.07) is 15.3. The van der Waals surface area contributed by atoms with Gasteiger partial charge in [0.15, 0.2) is 11.5 Å². The van der Waals surface area contributed by atoms with E-state index in [4.69, 9.17) is 18.9 Å². The summed E-state index contributed by atoms with van der Waals surface area (Å²) in [4.78, 5) is 17.7. The molecule has 1 N–H and O–H groups in total. The van der Waals surface area contributed by atoms with Crippen molar-refractivity contribution in [2.24, 2.45) is 0 Å². The van der Waals surface area contributed by atoms with Gasteiger partial charge < -0.3 is 24.3 Å². The van der Waals surface area contributed by atoms with Crippen LogP contribution in [0.4, 0.5) is 5.69 Å². The molecule has 3 aromatic rings. The number of benzene rings is 2. The highest BCUT2D eigenvalue weighted by molar-refractivity contribution is 6.02. The summed E-state index contributed by atoms with van der Waals surface area (Å²) in [7, 11) is 3.14. The Morgan fingerprint density at radius 2 is 1.78 bits per heavy atom. The molecule has 0 atom stereocenters. The molecule has 7 nitrogen and oxygen atoms in total. The topological polar surface area (TPSA) is 78.9 Å². The Bertz CT molecular complexity index is 1200. The lowest BCUT2D eigenvalue weighted by Crippen LogP contribution is -2.27. The van der Waals surface area contributed by atoms with Gasteiger partial charge in [-0.1, -0.05) is 12.1 Å². The Balaban J connectivity index is 1.43. The van der Waals surface area contributed by atoms with Gasteiger partial charge in [0, 0.05) is 17.3 Å². The second kappa shape index (κ2) is 7.75. The summed E-state index contributed by atoms with van der Waals surface area (Å²) in [5.41, 5.74) is 3.95. The van der Waals surface area contributed by atoms with E-state index in [0.717, 1.165) is 46.5 Å². The first-order chi connectivity index (χ1) is 15.5. The van der Waals surface area contributed by atoms with Gasteiger partial charge in [-0.05, 0) is 66.8 Å². The van der Waals surface area contributed by atoms with Crippen LogP contribution >= 0.6 is 0 Å². The van der Waals surface area contributed by atoms with Gasteiger partial charge in [0.1, 0.15) is 0 Å². The number of pyridine rings is 1. The molecule has 32 heavy (non-hydrogen) atoms. The first-order valence-corrected chi connectivity index (χ1v) is 10.5. The molecule has 1 aliphatic heterocycles. The third-order valence-electron chi connectivity index (χ3n) is 6.13. The number of nitrogens with zero attached hydrogens (tertiary/aromatic N) is 1. The van der Waals surface area contributed by atoms with Crippen LogP contribution in [-0.2, 0) is 10.2 Å². The first kappa shape index (κ1) is 20.2. The number of carbonyl (C=O) groups excluding carboxylic acids is 1. The molecule has 2 aliphatic rings. The number of nitrogens with one attached hydrogen (secondary N) is 1. The summed E-state index contributed by atoms with van der Waals surface area (Å²) in [5.74, 6) is 2.33. The Labute approximate surface area is 186 Å². The largest absolute Gasteiger partial charge is 0.481 e. The number of hydrogen-bond donors (Lipinski definition) is 1. The maximum Gasteiger partial charge on any atom is 0.235 e. The number of carbonyl (C=O) groups is 1. The molecule has 164 valence electrons. The number of fused-ring (bicyclic) bond motifs is 1. The molecule has 1 aliphatic carbocycles. The number of anilines is 1. The molecule has 1 amide bonds. The van der Waals surface area contributed by atoms with Gasteiger partial charge in [-0.2, -0.15) is 4.98 Å². The van der Waals surface area contributed by atoms with Crippen molar-refractivity contribution in [3.05, 3.63) is 59.7 Å². The molecular formula is C25H24N2O5. The molecule has 0 spiro atoms. The lowest BCUT2D eigenvalue weighted by molar-refractivity contribution is -0.118. The maximum atomic E-state index is 13.3. The Morgan fingerprint density at radius 3 is 2.53 bits per heavy atom. The van der Waals surface area contributed by atoms with Crippen molar-refractivity contribution in [2.45, 2.75) is 25.2 Å². The zero-order chi connectivity index (χ0) is 22.3. The van der Waals surface area contributed by atoms with E-state index in [0.29, 0.717) is 17.5 Å². The van der Waals surface area contributed by atoms with Gasteiger partial charge in [-0.3, -0.25) is 4.79 Å². The van der Waals surface area contributed by atoms with Gasteiger partial charge >= 0.3 is 0 Å². The summed E-state index contributed by atoms with van der Waals surface area (Å²) in [5, 5.41) is 3.11. The summed E-state index contributed by atoms with van der Waals surface area (Å²) in [6.07, 6.45) is 1.60. The van der Waals surface area contributed by atoms with E-state index in [1.165, 1.54) is 0 Å². The van der Waals surface area contributed by atoms with Crippen LogP contribution in [0, 0.1) is 6.92 Å². The number of methoxy groups -OCH3 is 2. The third-order valence-corrected chi connectivity index (χ3v) is 6.13. The average Bonchev–Trinajstić information content (AvgIpc) is 3.50. The van der Waals surface area contributed by atoms with Crippen molar-refractivity contribution in [3.8, 4) is 34.4 Å². The summed E-state index contributed by atoms with van der Waals surface area (Å²) in [6.45, 7) is 2.23. The van der Waals surface area contributed by atoms with Crippen LogP contribution in [0.5, 0.6) is 23.3 Å². The first-order valence-electron chi connectivity index (χ1n) is 10.5. The second-order valence-electron chi connectivity index (χ2n) is 8.04. The Hall–Kier alpha value is -3.74. The molecule has 0 saturated heterocycles. The van der Waals surface area contributed by atoms with E-state index in [1.54, 1.807) is 20.3 Å². The van der Waals surface area contributed by atoms with Crippen molar-refractivity contribution in [2.75, 3.05) is 26.3 Å². The van der Waals surface area contributed by atoms with Crippen LogP contribution in [0.2, 0.25) is 0 Å². The highest BCUT2D eigenvalue weighted by Crippen LogP contribution is 2.51.